The van der Waals surface area contributed by atoms with Crippen LogP contribution in [0.25, 0.3) is 11.6 Å². The van der Waals surface area contributed by atoms with Crippen molar-refractivity contribution in [1.82, 2.24) is 19.7 Å². The number of carbonyl (C=O) groups excluding carboxylic acids is 3. The molecule has 0 spiro atoms. The van der Waals surface area contributed by atoms with E-state index < -0.39 is 11.8 Å². The van der Waals surface area contributed by atoms with Gasteiger partial charge in [-0.15, -0.1) is 10.2 Å². The molecule has 0 saturated heterocycles. The quantitative estimate of drug-likeness (QED) is 0.391. The Morgan fingerprint density at radius 1 is 1.00 bits per heavy atom. The Morgan fingerprint density at radius 2 is 1.75 bits per heavy atom. The smallest absolute Gasteiger partial charge is 0.233 e. The first-order valence-electron chi connectivity index (χ1n) is 9.92. The minimum atomic E-state index is -0.474. The highest BCUT2D eigenvalue weighted by Crippen LogP contribution is 2.25. The van der Waals surface area contributed by atoms with Gasteiger partial charge in [-0.05, 0) is 17.7 Å². The molecule has 3 aromatic rings. The molecule has 0 unspecified atom stereocenters. The van der Waals surface area contributed by atoms with Gasteiger partial charge in [-0.1, -0.05) is 42.1 Å². The predicted octanol–water partition coefficient (Wildman–Crippen LogP) is 1.41. The summed E-state index contributed by atoms with van der Waals surface area (Å²) in [6.45, 7) is 0.833. The number of amides is 3. The summed E-state index contributed by atoms with van der Waals surface area (Å²) < 4.78 is 7.10. The first-order valence-corrected chi connectivity index (χ1v) is 10.9. The Bertz CT molecular complexity index is 1050. The number of carbonyl (C=O) groups is 3. The number of hydrogen-bond acceptors (Lipinski definition) is 7. The van der Waals surface area contributed by atoms with Crippen LogP contribution in [-0.2, 0) is 27.5 Å². The Morgan fingerprint density at radius 3 is 2.41 bits per heavy atom. The number of thioether (sulfide) groups is 1. The van der Waals surface area contributed by atoms with E-state index >= 15 is 0 Å². The molecule has 0 aliphatic heterocycles. The maximum absolute atomic E-state index is 12.9. The third-order valence-corrected chi connectivity index (χ3v) is 5.51. The molecule has 32 heavy (non-hydrogen) atoms. The third kappa shape index (κ3) is 6.45. The molecule has 3 rings (SSSR count). The molecule has 2 aromatic heterocycles. The number of primary amides is 2. The largest absolute Gasteiger partial charge is 0.461 e. The van der Waals surface area contributed by atoms with E-state index in [2.05, 4.69) is 10.2 Å². The van der Waals surface area contributed by atoms with E-state index in [1.54, 1.807) is 21.6 Å². The molecule has 0 fully saturated rings. The first-order chi connectivity index (χ1) is 15.4. The Kier molecular flexibility index (Phi) is 8.03. The topological polar surface area (TPSA) is 150 Å². The lowest BCUT2D eigenvalue weighted by atomic mass is 10.2. The average molecular weight is 457 g/mol. The van der Waals surface area contributed by atoms with Gasteiger partial charge in [0.05, 0.1) is 12.0 Å². The first kappa shape index (κ1) is 23.1. The SMILES string of the molecule is NC(=O)CCN(Cc1ccccc1)C(=O)CSc1nnc(-c2ccco2)n1CCC(N)=O. The van der Waals surface area contributed by atoms with Gasteiger partial charge < -0.3 is 20.8 Å². The maximum Gasteiger partial charge on any atom is 0.233 e. The lowest BCUT2D eigenvalue weighted by Gasteiger charge is -2.22. The molecule has 0 bridgehead atoms. The fraction of sp³-hybridized carbons (Fsp3) is 0.286. The molecule has 0 saturated carbocycles. The Hall–Kier alpha value is -3.60. The van der Waals surface area contributed by atoms with Crippen molar-refractivity contribution in [2.75, 3.05) is 12.3 Å². The third-order valence-electron chi connectivity index (χ3n) is 4.56. The highest BCUT2D eigenvalue weighted by Gasteiger charge is 2.20. The van der Waals surface area contributed by atoms with Gasteiger partial charge in [-0.25, -0.2) is 0 Å². The van der Waals surface area contributed by atoms with E-state index in [1.165, 1.54) is 18.0 Å². The molecule has 3 amide bonds. The van der Waals surface area contributed by atoms with Crippen molar-refractivity contribution in [3.8, 4) is 11.6 Å². The summed E-state index contributed by atoms with van der Waals surface area (Å²) in [5.74, 6) is -0.106. The van der Waals surface area contributed by atoms with E-state index in [-0.39, 0.29) is 37.6 Å². The van der Waals surface area contributed by atoms with Crippen molar-refractivity contribution in [3.05, 3.63) is 54.3 Å². The molecule has 4 N–H and O–H groups in total. The second kappa shape index (κ2) is 11.1. The van der Waals surface area contributed by atoms with Crippen LogP contribution in [0, 0.1) is 0 Å². The summed E-state index contributed by atoms with van der Waals surface area (Å²) in [6, 6.07) is 12.9. The molecule has 11 heteroatoms. The summed E-state index contributed by atoms with van der Waals surface area (Å²) in [7, 11) is 0. The normalized spacial score (nSPS) is 10.8. The zero-order valence-electron chi connectivity index (χ0n) is 17.3. The molecule has 0 radical (unpaired) electrons. The van der Waals surface area contributed by atoms with Gasteiger partial charge in [0.2, 0.25) is 17.7 Å². The van der Waals surface area contributed by atoms with Crippen LogP contribution < -0.4 is 11.5 Å². The number of furan rings is 1. The number of hydrogen-bond donors (Lipinski definition) is 2. The lowest BCUT2D eigenvalue weighted by molar-refractivity contribution is -0.129. The highest BCUT2D eigenvalue weighted by molar-refractivity contribution is 7.99. The second-order valence-corrected chi connectivity index (χ2v) is 7.90. The van der Waals surface area contributed by atoms with Crippen LogP contribution in [0.3, 0.4) is 0 Å². The van der Waals surface area contributed by atoms with Crippen LogP contribution in [-0.4, -0.2) is 49.7 Å². The van der Waals surface area contributed by atoms with E-state index in [0.717, 1.165) is 5.56 Å². The number of nitrogens with zero attached hydrogens (tertiary/aromatic N) is 4. The summed E-state index contributed by atoms with van der Waals surface area (Å²) in [5.41, 5.74) is 11.5. The van der Waals surface area contributed by atoms with E-state index in [9.17, 15) is 14.4 Å². The van der Waals surface area contributed by atoms with E-state index in [1.807, 2.05) is 30.3 Å². The monoisotopic (exact) mass is 456 g/mol. The van der Waals surface area contributed by atoms with Crippen molar-refractivity contribution < 1.29 is 18.8 Å². The van der Waals surface area contributed by atoms with Crippen LogP contribution in [0.5, 0.6) is 0 Å². The zero-order chi connectivity index (χ0) is 22.9. The molecule has 1 aromatic carbocycles. The van der Waals surface area contributed by atoms with Crippen LogP contribution in [0.2, 0.25) is 0 Å². The van der Waals surface area contributed by atoms with Gasteiger partial charge in [0.25, 0.3) is 0 Å². The molecule has 168 valence electrons. The van der Waals surface area contributed by atoms with Gasteiger partial charge >= 0.3 is 0 Å². The standard InChI is InChI=1S/C21H24N6O4S/c22-17(28)8-10-26(13-15-5-2-1-3-6-15)19(30)14-32-21-25-24-20(16-7-4-12-31-16)27(21)11-9-18(23)29/h1-7,12H,8-11,13-14H2,(H2,22,28)(H2,23,29). The van der Waals surface area contributed by atoms with Gasteiger partial charge in [0, 0.05) is 32.5 Å². The molecule has 0 aliphatic rings. The molecular formula is C21H24N6O4S. The van der Waals surface area contributed by atoms with Crippen LogP contribution >= 0.6 is 11.8 Å². The highest BCUT2D eigenvalue weighted by atomic mass is 32.2. The summed E-state index contributed by atoms with van der Waals surface area (Å²) in [5, 5.41) is 8.76. The predicted molar refractivity (Wildman–Crippen MR) is 118 cm³/mol. The Labute approximate surface area is 188 Å². The van der Waals surface area contributed by atoms with Gasteiger partial charge in [-0.2, -0.15) is 0 Å². The minimum Gasteiger partial charge on any atom is -0.461 e. The van der Waals surface area contributed by atoms with Gasteiger partial charge in [0.1, 0.15) is 0 Å². The van der Waals surface area contributed by atoms with Crippen LogP contribution in [0.1, 0.15) is 18.4 Å². The Balaban J connectivity index is 1.73. The van der Waals surface area contributed by atoms with Crippen molar-refractivity contribution in [2.24, 2.45) is 11.5 Å². The number of benzene rings is 1. The number of nitrogens with two attached hydrogens (primary N) is 2. The van der Waals surface area contributed by atoms with Crippen molar-refractivity contribution in [2.45, 2.75) is 31.1 Å². The summed E-state index contributed by atoms with van der Waals surface area (Å²) >= 11 is 1.19. The maximum atomic E-state index is 12.9. The van der Waals surface area contributed by atoms with E-state index in [4.69, 9.17) is 15.9 Å². The second-order valence-electron chi connectivity index (χ2n) is 6.96. The van der Waals surface area contributed by atoms with Crippen LogP contribution in [0.4, 0.5) is 0 Å². The van der Waals surface area contributed by atoms with Gasteiger partial charge in [-0.3, -0.25) is 19.0 Å². The van der Waals surface area contributed by atoms with Crippen molar-refractivity contribution in [3.63, 3.8) is 0 Å². The lowest BCUT2D eigenvalue weighted by Crippen LogP contribution is -2.34. The van der Waals surface area contributed by atoms with Gasteiger partial charge in [0.15, 0.2) is 16.7 Å². The zero-order valence-corrected chi connectivity index (χ0v) is 18.2. The molecular weight excluding hydrogens is 432 g/mol. The van der Waals surface area contributed by atoms with Crippen molar-refractivity contribution in [1.29, 1.82) is 0 Å². The molecule has 0 aliphatic carbocycles. The number of aromatic nitrogens is 3. The summed E-state index contributed by atoms with van der Waals surface area (Å²) in [6.07, 6.45) is 1.67. The average Bonchev–Trinajstić information content (AvgIpc) is 3.43. The minimum absolute atomic E-state index is 0.0679. The van der Waals surface area contributed by atoms with E-state index in [0.29, 0.717) is 23.3 Å². The molecule has 0 atom stereocenters. The number of rotatable bonds is 12. The van der Waals surface area contributed by atoms with Crippen molar-refractivity contribution >= 4 is 29.5 Å². The fourth-order valence-corrected chi connectivity index (χ4v) is 3.83. The fourth-order valence-electron chi connectivity index (χ4n) is 2.97. The molecule has 2 heterocycles. The van der Waals surface area contributed by atoms with Crippen LogP contribution in [0.15, 0.2) is 58.3 Å². The summed E-state index contributed by atoms with van der Waals surface area (Å²) in [4.78, 5) is 37.1. The molecule has 10 nitrogen and oxygen atoms in total.